The zero-order chi connectivity index (χ0) is 14.5. The second-order valence-corrected chi connectivity index (χ2v) is 3.66. The van der Waals surface area contributed by atoms with Crippen molar-refractivity contribution in [3.8, 4) is 11.5 Å². The Kier molecular flexibility index (Phi) is 3.80. The van der Waals surface area contributed by atoms with Gasteiger partial charge in [-0.3, -0.25) is 15.2 Å². The Labute approximate surface area is 111 Å². The van der Waals surface area contributed by atoms with E-state index in [-0.39, 0.29) is 11.6 Å². The normalized spacial score (nSPS) is 10.7. The first-order chi connectivity index (χ1) is 9.60. The van der Waals surface area contributed by atoms with Gasteiger partial charge in [-0.1, -0.05) is 0 Å². The molecule has 1 aromatic heterocycles. The molecule has 0 atom stereocenters. The molecule has 0 fully saturated rings. The Morgan fingerprint density at radius 3 is 2.95 bits per heavy atom. The SMILES string of the molecule is COc1cc(C=NNc2n[nH]c(=O)[nH]c2=O)ccc1O. The second kappa shape index (κ2) is 5.69. The van der Waals surface area contributed by atoms with E-state index in [1.807, 2.05) is 4.98 Å². The first-order valence-electron chi connectivity index (χ1n) is 5.45. The molecule has 0 saturated heterocycles. The van der Waals surface area contributed by atoms with Crippen LogP contribution in [0.15, 0.2) is 32.9 Å². The Balaban J connectivity index is 2.14. The van der Waals surface area contributed by atoms with Gasteiger partial charge in [0.15, 0.2) is 11.5 Å². The zero-order valence-corrected chi connectivity index (χ0v) is 10.4. The summed E-state index contributed by atoms with van der Waals surface area (Å²) in [5.74, 6) is 0.164. The third kappa shape index (κ3) is 3.02. The van der Waals surface area contributed by atoms with Crippen LogP contribution < -0.4 is 21.4 Å². The fraction of sp³-hybridized carbons (Fsp3) is 0.0909. The number of aromatic amines is 2. The molecule has 0 aliphatic rings. The molecule has 0 aliphatic heterocycles. The number of benzene rings is 1. The summed E-state index contributed by atoms with van der Waals surface area (Å²) in [7, 11) is 1.43. The highest BCUT2D eigenvalue weighted by molar-refractivity contribution is 5.81. The maximum atomic E-state index is 11.3. The Hall–Kier alpha value is -3.10. The molecule has 104 valence electrons. The number of rotatable bonds is 4. The number of ether oxygens (including phenoxy) is 1. The van der Waals surface area contributed by atoms with Crippen LogP contribution in [-0.2, 0) is 0 Å². The molecule has 4 N–H and O–H groups in total. The van der Waals surface area contributed by atoms with Crippen molar-refractivity contribution >= 4 is 12.0 Å². The third-order valence-electron chi connectivity index (χ3n) is 2.30. The standard InChI is InChI=1S/C11H11N5O4/c1-20-8-4-6(2-3-7(8)17)5-12-14-9-10(18)13-11(19)16-15-9/h2-5,17H,1H3,(H,14,15)(H2,13,16,18,19). The van der Waals surface area contributed by atoms with E-state index in [1.165, 1.54) is 19.4 Å². The van der Waals surface area contributed by atoms with Crippen molar-refractivity contribution in [3.63, 3.8) is 0 Å². The number of nitrogens with one attached hydrogen (secondary N) is 3. The van der Waals surface area contributed by atoms with Crippen molar-refractivity contribution in [1.29, 1.82) is 0 Å². The zero-order valence-electron chi connectivity index (χ0n) is 10.4. The fourth-order valence-electron chi connectivity index (χ4n) is 1.37. The number of H-pyrrole nitrogens is 2. The molecule has 0 radical (unpaired) electrons. The molecule has 9 heteroatoms. The lowest BCUT2D eigenvalue weighted by Gasteiger charge is -2.03. The van der Waals surface area contributed by atoms with Crippen molar-refractivity contribution < 1.29 is 9.84 Å². The number of hydrogen-bond donors (Lipinski definition) is 4. The number of phenols is 1. The number of anilines is 1. The number of hydrogen-bond acceptors (Lipinski definition) is 7. The van der Waals surface area contributed by atoms with Gasteiger partial charge in [-0.25, -0.2) is 9.89 Å². The lowest BCUT2D eigenvalue weighted by Crippen LogP contribution is -2.25. The van der Waals surface area contributed by atoms with Crippen LogP contribution in [0.4, 0.5) is 5.82 Å². The molecule has 0 amide bonds. The van der Waals surface area contributed by atoms with E-state index in [0.29, 0.717) is 11.3 Å². The summed E-state index contributed by atoms with van der Waals surface area (Å²) in [5, 5.41) is 18.8. The number of aromatic nitrogens is 3. The predicted octanol–water partition coefficient (Wildman–Crippen LogP) is -0.382. The monoisotopic (exact) mass is 277 g/mol. The van der Waals surface area contributed by atoms with Gasteiger partial charge in [-0.2, -0.15) is 5.10 Å². The molecule has 0 bridgehead atoms. The summed E-state index contributed by atoms with van der Waals surface area (Å²) in [4.78, 5) is 24.1. The molecule has 0 aliphatic carbocycles. The highest BCUT2D eigenvalue weighted by atomic mass is 16.5. The average Bonchev–Trinajstić information content (AvgIpc) is 2.43. The number of methoxy groups -OCH3 is 1. The maximum absolute atomic E-state index is 11.3. The first kappa shape index (κ1) is 13.3. The van der Waals surface area contributed by atoms with Gasteiger partial charge in [0.25, 0.3) is 5.56 Å². The summed E-state index contributed by atoms with van der Waals surface area (Å²) < 4.78 is 4.94. The van der Waals surface area contributed by atoms with Crippen LogP contribution in [0.3, 0.4) is 0 Å². The van der Waals surface area contributed by atoms with E-state index in [9.17, 15) is 14.7 Å². The molecule has 9 nitrogen and oxygen atoms in total. The van der Waals surface area contributed by atoms with Gasteiger partial charge in [-0.05, 0) is 23.8 Å². The van der Waals surface area contributed by atoms with E-state index >= 15 is 0 Å². The molecule has 0 spiro atoms. The quantitative estimate of drug-likeness (QED) is 0.444. The van der Waals surface area contributed by atoms with Crippen molar-refractivity contribution in [2.45, 2.75) is 0 Å². The van der Waals surface area contributed by atoms with Crippen molar-refractivity contribution in [2.75, 3.05) is 12.5 Å². The fourth-order valence-corrected chi connectivity index (χ4v) is 1.37. The molecule has 1 aromatic carbocycles. The topological polar surface area (TPSA) is 132 Å². The van der Waals surface area contributed by atoms with Gasteiger partial charge in [0.05, 0.1) is 13.3 Å². The van der Waals surface area contributed by atoms with Gasteiger partial charge in [0, 0.05) is 0 Å². The lowest BCUT2D eigenvalue weighted by molar-refractivity contribution is 0.373. The summed E-state index contributed by atoms with van der Waals surface area (Å²) in [5.41, 5.74) is 1.63. The molecular weight excluding hydrogens is 266 g/mol. The number of aromatic hydroxyl groups is 1. The Bertz CT molecular complexity index is 749. The molecule has 2 aromatic rings. The van der Waals surface area contributed by atoms with E-state index in [1.54, 1.807) is 12.1 Å². The largest absolute Gasteiger partial charge is 0.504 e. The second-order valence-electron chi connectivity index (χ2n) is 3.66. The van der Waals surface area contributed by atoms with Gasteiger partial charge >= 0.3 is 5.69 Å². The molecule has 20 heavy (non-hydrogen) atoms. The molecule has 0 unspecified atom stereocenters. The highest BCUT2D eigenvalue weighted by Crippen LogP contribution is 2.25. The average molecular weight is 277 g/mol. The summed E-state index contributed by atoms with van der Waals surface area (Å²) in [6.45, 7) is 0. The molecule has 2 rings (SSSR count). The van der Waals surface area contributed by atoms with Crippen molar-refractivity contribution in [2.24, 2.45) is 5.10 Å². The minimum Gasteiger partial charge on any atom is -0.504 e. The molecular formula is C11H11N5O4. The van der Waals surface area contributed by atoms with E-state index < -0.39 is 11.2 Å². The smallest absolute Gasteiger partial charge is 0.342 e. The number of phenolic OH excluding ortho intramolecular Hbond substituents is 1. The first-order valence-corrected chi connectivity index (χ1v) is 5.45. The molecule has 0 saturated carbocycles. The maximum Gasteiger partial charge on any atom is 0.342 e. The van der Waals surface area contributed by atoms with Crippen molar-refractivity contribution in [1.82, 2.24) is 15.2 Å². The third-order valence-corrected chi connectivity index (χ3v) is 2.30. The van der Waals surface area contributed by atoms with Crippen LogP contribution in [0.25, 0.3) is 0 Å². The van der Waals surface area contributed by atoms with Crippen LogP contribution in [0.2, 0.25) is 0 Å². The van der Waals surface area contributed by atoms with Gasteiger partial charge in [0.2, 0.25) is 5.82 Å². The number of nitrogens with zero attached hydrogens (tertiary/aromatic N) is 2. The lowest BCUT2D eigenvalue weighted by atomic mass is 10.2. The van der Waals surface area contributed by atoms with Crippen LogP contribution in [0, 0.1) is 0 Å². The Morgan fingerprint density at radius 2 is 2.25 bits per heavy atom. The highest BCUT2D eigenvalue weighted by Gasteiger charge is 2.01. The van der Waals surface area contributed by atoms with Crippen LogP contribution in [0.1, 0.15) is 5.56 Å². The van der Waals surface area contributed by atoms with E-state index in [0.717, 1.165) is 0 Å². The molecule has 1 heterocycles. The van der Waals surface area contributed by atoms with Gasteiger partial charge < -0.3 is 9.84 Å². The van der Waals surface area contributed by atoms with Crippen LogP contribution in [-0.4, -0.2) is 33.6 Å². The van der Waals surface area contributed by atoms with Gasteiger partial charge in [-0.15, -0.1) is 5.10 Å². The van der Waals surface area contributed by atoms with E-state index in [2.05, 4.69) is 20.7 Å². The number of hydrazone groups is 1. The van der Waals surface area contributed by atoms with Crippen LogP contribution in [0.5, 0.6) is 11.5 Å². The van der Waals surface area contributed by atoms with Gasteiger partial charge in [0.1, 0.15) is 0 Å². The van der Waals surface area contributed by atoms with Crippen LogP contribution >= 0.6 is 0 Å². The summed E-state index contributed by atoms with van der Waals surface area (Å²) in [6.07, 6.45) is 1.40. The van der Waals surface area contributed by atoms with Crippen molar-refractivity contribution in [3.05, 3.63) is 44.6 Å². The minimum atomic E-state index is -0.701. The Morgan fingerprint density at radius 1 is 1.45 bits per heavy atom. The summed E-state index contributed by atoms with van der Waals surface area (Å²) in [6, 6.07) is 4.61. The van der Waals surface area contributed by atoms with E-state index in [4.69, 9.17) is 4.74 Å². The predicted molar refractivity (Wildman–Crippen MR) is 71.4 cm³/mol. The summed E-state index contributed by atoms with van der Waals surface area (Å²) >= 11 is 0. The minimum absolute atomic E-state index is 0.0105.